The predicted octanol–water partition coefficient (Wildman–Crippen LogP) is 2.19. The first kappa shape index (κ1) is 22.2. The second-order valence-corrected chi connectivity index (χ2v) is 6.51. The van der Waals surface area contributed by atoms with Gasteiger partial charge < -0.3 is 9.88 Å². The van der Waals surface area contributed by atoms with Gasteiger partial charge in [0, 0.05) is 27.1 Å². The summed E-state index contributed by atoms with van der Waals surface area (Å²) in [7, 11) is 3.16. The van der Waals surface area contributed by atoms with Crippen molar-refractivity contribution in [3.8, 4) is 0 Å². The maximum absolute atomic E-state index is 12.3. The van der Waals surface area contributed by atoms with E-state index in [1.807, 2.05) is 11.5 Å². The summed E-state index contributed by atoms with van der Waals surface area (Å²) in [5, 5.41) is 3.28. The molecule has 0 amide bonds. The fourth-order valence-corrected chi connectivity index (χ4v) is 2.80. The van der Waals surface area contributed by atoms with Gasteiger partial charge in [-0.2, -0.15) is 0 Å². The smallest absolute Gasteiger partial charge is 0.322 e. The van der Waals surface area contributed by atoms with Crippen LogP contribution in [-0.4, -0.2) is 31.8 Å². The number of fused-ring (bicyclic) bond motifs is 1. The van der Waals surface area contributed by atoms with E-state index >= 15 is 0 Å². The zero-order chi connectivity index (χ0) is 19.7. The molecule has 0 saturated heterocycles. The molecular formula is C19H35N5O2. The van der Waals surface area contributed by atoms with Crippen LogP contribution >= 0.6 is 0 Å². The molecule has 0 aliphatic carbocycles. The summed E-state index contributed by atoms with van der Waals surface area (Å²) in [6.07, 6.45) is 5.29. The highest BCUT2D eigenvalue weighted by Gasteiger charge is 2.17. The summed E-state index contributed by atoms with van der Waals surface area (Å²) in [6, 6.07) is 0. The van der Waals surface area contributed by atoms with Crippen molar-refractivity contribution in [2.45, 2.75) is 66.3 Å². The molecule has 7 nitrogen and oxygen atoms in total. The van der Waals surface area contributed by atoms with Crippen LogP contribution in [0.4, 0.5) is 0 Å². The molecule has 0 radical (unpaired) electrons. The molecule has 0 atom stereocenters. The van der Waals surface area contributed by atoms with Crippen LogP contribution in [0.25, 0.3) is 11.2 Å². The highest BCUT2D eigenvalue weighted by molar-refractivity contribution is 5.71. The standard InChI is InChI=1S/C13H20N4O2.C6H15N/c1-5-7-8-17-9(6-2)14-11-10(17)12(18)16(4)13(19)15(11)3;1-3-5-7-6-4-2/h5-8H2,1-4H3;7H,3-6H2,1-2H3. The Labute approximate surface area is 156 Å². The highest BCUT2D eigenvalue weighted by Crippen LogP contribution is 2.12. The van der Waals surface area contributed by atoms with Crippen molar-refractivity contribution in [2.75, 3.05) is 13.1 Å². The topological polar surface area (TPSA) is 73.8 Å². The fraction of sp³-hybridized carbons (Fsp3) is 0.737. The minimum Gasteiger partial charge on any atom is -0.322 e. The number of nitrogens with one attached hydrogen (secondary N) is 1. The maximum Gasteiger partial charge on any atom is 0.332 e. The Hall–Kier alpha value is -1.89. The van der Waals surface area contributed by atoms with Crippen LogP contribution < -0.4 is 16.6 Å². The summed E-state index contributed by atoms with van der Waals surface area (Å²) < 4.78 is 4.55. The number of aromatic nitrogens is 4. The van der Waals surface area contributed by atoms with E-state index in [9.17, 15) is 9.59 Å². The molecule has 2 heterocycles. The number of hydrogen-bond acceptors (Lipinski definition) is 4. The molecule has 148 valence electrons. The first-order valence-electron chi connectivity index (χ1n) is 9.80. The van der Waals surface area contributed by atoms with Crippen molar-refractivity contribution >= 4 is 11.2 Å². The highest BCUT2D eigenvalue weighted by atomic mass is 16.2. The van der Waals surface area contributed by atoms with Crippen LogP contribution in [0.5, 0.6) is 0 Å². The van der Waals surface area contributed by atoms with Gasteiger partial charge in [-0.25, -0.2) is 9.78 Å². The van der Waals surface area contributed by atoms with Crippen molar-refractivity contribution in [1.29, 1.82) is 0 Å². The van der Waals surface area contributed by atoms with Crippen LogP contribution in [0.1, 0.15) is 59.2 Å². The van der Waals surface area contributed by atoms with Gasteiger partial charge in [0.2, 0.25) is 0 Å². The van der Waals surface area contributed by atoms with E-state index in [-0.39, 0.29) is 11.2 Å². The van der Waals surface area contributed by atoms with Gasteiger partial charge >= 0.3 is 5.69 Å². The van der Waals surface area contributed by atoms with Crippen molar-refractivity contribution in [3.63, 3.8) is 0 Å². The molecule has 0 bridgehead atoms. The molecule has 0 aromatic carbocycles. The minimum absolute atomic E-state index is 0.263. The number of imidazole rings is 1. The van der Waals surface area contributed by atoms with E-state index in [0.29, 0.717) is 11.2 Å². The van der Waals surface area contributed by atoms with E-state index in [0.717, 1.165) is 36.2 Å². The monoisotopic (exact) mass is 365 g/mol. The Kier molecular flexibility index (Phi) is 9.34. The lowest BCUT2D eigenvalue weighted by Crippen LogP contribution is -2.37. The van der Waals surface area contributed by atoms with Crippen LogP contribution in [0.15, 0.2) is 9.59 Å². The third kappa shape index (κ3) is 5.06. The Morgan fingerprint density at radius 1 is 0.923 bits per heavy atom. The summed E-state index contributed by atoms with van der Waals surface area (Å²) in [4.78, 5) is 28.7. The summed E-state index contributed by atoms with van der Waals surface area (Å²) in [5.41, 5.74) is 0.428. The van der Waals surface area contributed by atoms with Crippen molar-refractivity contribution in [2.24, 2.45) is 14.1 Å². The predicted molar refractivity (Wildman–Crippen MR) is 108 cm³/mol. The van der Waals surface area contributed by atoms with Gasteiger partial charge in [-0.15, -0.1) is 0 Å². The summed E-state index contributed by atoms with van der Waals surface area (Å²) in [6.45, 7) is 11.6. The molecule has 0 fully saturated rings. The Morgan fingerprint density at radius 2 is 1.54 bits per heavy atom. The fourth-order valence-electron chi connectivity index (χ4n) is 2.80. The molecule has 0 unspecified atom stereocenters. The largest absolute Gasteiger partial charge is 0.332 e. The van der Waals surface area contributed by atoms with E-state index in [2.05, 4.69) is 31.1 Å². The maximum atomic E-state index is 12.3. The second-order valence-electron chi connectivity index (χ2n) is 6.51. The van der Waals surface area contributed by atoms with Gasteiger partial charge in [-0.3, -0.25) is 13.9 Å². The van der Waals surface area contributed by atoms with Crippen molar-refractivity contribution in [1.82, 2.24) is 24.0 Å². The summed E-state index contributed by atoms with van der Waals surface area (Å²) >= 11 is 0. The minimum atomic E-state index is -0.333. The molecule has 0 aliphatic heterocycles. The zero-order valence-corrected chi connectivity index (χ0v) is 17.3. The number of aryl methyl sites for hydroxylation is 3. The second kappa shape index (κ2) is 11.0. The summed E-state index contributed by atoms with van der Waals surface area (Å²) in [5.74, 6) is 0.863. The van der Waals surface area contributed by atoms with Gasteiger partial charge in [0.1, 0.15) is 5.82 Å². The number of nitrogens with zero attached hydrogens (tertiary/aromatic N) is 4. The van der Waals surface area contributed by atoms with Gasteiger partial charge in [-0.1, -0.05) is 34.1 Å². The van der Waals surface area contributed by atoms with Crippen LogP contribution in [0.3, 0.4) is 0 Å². The van der Waals surface area contributed by atoms with Crippen LogP contribution in [0.2, 0.25) is 0 Å². The van der Waals surface area contributed by atoms with Gasteiger partial charge in [0.05, 0.1) is 0 Å². The molecule has 2 aromatic rings. The quantitative estimate of drug-likeness (QED) is 0.728. The molecule has 2 aromatic heterocycles. The van der Waals surface area contributed by atoms with E-state index in [1.165, 1.54) is 37.5 Å². The van der Waals surface area contributed by atoms with Gasteiger partial charge in [0.15, 0.2) is 11.2 Å². The lowest BCUT2D eigenvalue weighted by Gasteiger charge is -2.07. The average Bonchev–Trinajstić information content (AvgIpc) is 3.02. The van der Waals surface area contributed by atoms with Crippen molar-refractivity contribution < 1.29 is 0 Å². The average molecular weight is 366 g/mol. The lowest BCUT2D eigenvalue weighted by atomic mass is 10.3. The first-order valence-corrected chi connectivity index (χ1v) is 9.80. The zero-order valence-electron chi connectivity index (χ0n) is 17.3. The molecule has 0 spiro atoms. The molecule has 2 rings (SSSR count). The Morgan fingerprint density at radius 3 is 2.04 bits per heavy atom. The lowest BCUT2D eigenvalue weighted by molar-refractivity contribution is 0.615. The number of unbranched alkanes of at least 4 members (excludes halogenated alkanes) is 1. The third-order valence-corrected chi connectivity index (χ3v) is 4.33. The third-order valence-electron chi connectivity index (χ3n) is 4.33. The van der Waals surface area contributed by atoms with Crippen LogP contribution in [0, 0.1) is 0 Å². The molecular weight excluding hydrogens is 330 g/mol. The van der Waals surface area contributed by atoms with Gasteiger partial charge in [0.25, 0.3) is 5.56 Å². The molecule has 26 heavy (non-hydrogen) atoms. The van der Waals surface area contributed by atoms with Crippen LogP contribution in [-0.2, 0) is 27.1 Å². The first-order chi connectivity index (χ1) is 12.4. The Balaban J connectivity index is 0.000000412. The van der Waals surface area contributed by atoms with E-state index in [1.54, 1.807) is 7.05 Å². The van der Waals surface area contributed by atoms with Crippen molar-refractivity contribution in [3.05, 3.63) is 26.7 Å². The molecule has 1 N–H and O–H groups in total. The van der Waals surface area contributed by atoms with E-state index in [4.69, 9.17) is 0 Å². The molecule has 0 saturated carbocycles. The SMILES string of the molecule is CCCCn1c(CC)nc2c1c(=O)n(C)c(=O)n2C.CCCNCCC. The molecule has 0 aliphatic rings. The number of rotatable bonds is 8. The van der Waals surface area contributed by atoms with Gasteiger partial charge in [-0.05, 0) is 32.4 Å². The number of hydrogen-bond donors (Lipinski definition) is 1. The molecule has 7 heteroatoms. The van der Waals surface area contributed by atoms with E-state index < -0.39 is 0 Å². The Bertz CT molecular complexity index is 797. The normalized spacial score (nSPS) is 10.8.